The minimum absolute atomic E-state index is 0.0920. The first-order valence-corrected chi connectivity index (χ1v) is 8.02. The number of ketones is 1. The van der Waals surface area contributed by atoms with Crippen molar-refractivity contribution in [2.24, 2.45) is 5.41 Å². The predicted molar refractivity (Wildman–Crippen MR) is 96.0 cm³/mol. The van der Waals surface area contributed by atoms with Crippen LogP contribution in [0.3, 0.4) is 0 Å². The van der Waals surface area contributed by atoms with Crippen LogP contribution >= 0.6 is 0 Å². The molecule has 0 saturated carbocycles. The Kier molecular flexibility index (Phi) is 5.69. The van der Waals surface area contributed by atoms with E-state index in [2.05, 4.69) is 0 Å². The van der Waals surface area contributed by atoms with Crippen molar-refractivity contribution in [2.45, 2.75) is 27.2 Å². The standard InChI is InChI=1S/C21H22O3/c1-4-21(2,3)20(23)24-18-13-11-17(12-14-18)19(22)15-10-16-8-6-5-7-9-16/h5-15H,4H2,1-3H3/b15-10+. The first-order chi connectivity index (χ1) is 11.4. The summed E-state index contributed by atoms with van der Waals surface area (Å²) in [6, 6.07) is 16.3. The Bertz CT molecular complexity index is 725. The molecule has 0 atom stereocenters. The summed E-state index contributed by atoms with van der Waals surface area (Å²) in [5, 5.41) is 0. The summed E-state index contributed by atoms with van der Waals surface area (Å²) < 4.78 is 5.37. The van der Waals surface area contributed by atoms with Gasteiger partial charge in [0.05, 0.1) is 5.41 Å². The van der Waals surface area contributed by atoms with E-state index in [9.17, 15) is 9.59 Å². The van der Waals surface area contributed by atoms with Crippen LogP contribution in [0.25, 0.3) is 6.08 Å². The number of ether oxygens (including phenoxy) is 1. The van der Waals surface area contributed by atoms with Gasteiger partial charge >= 0.3 is 5.97 Å². The molecule has 0 bridgehead atoms. The zero-order chi connectivity index (χ0) is 17.6. The van der Waals surface area contributed by atoms with Crippen molar-refractivity contribution in [1.82, 2.24) is 0 Å². The van der Waals surface area contributed by atoms with E-state index >= 15 is 0 Å². The summed E-state index contributed by atoms with van der Waals surface area (Å²) in [7, 11) is 0. The van der Waals surface area contributed by atoms with Gasteiger partial charge in [-0.25, -0.2) is 0 Å². The molecule has 0 aromatic heterocycles. The number of carbonyl (C=O) groups is 2. The van der Waals surface area contributed by atoms with Gasteiger partial charge < -0.3 is 4.74 Å². The molecule has 2 rings (SSSR count). The van der Waals surface area contributed by atoms with Crippen molar-refractivity contribution in [1.29, 1.82) is 0 Å². The van der Waals surface area contributed by atoms with E-state index in [1.807, 2.05) is 51.1 Å². The SMILES string of the molecule is CCC(C)(C)C(=O)Oc1ccc(C(=O)/C=C/c2ccccc2)cc1. The van der Waals surface area contributed by atoms with Gasteiger partial charge in [0.15, 0.2) is 5.78 Å². The van der Waals surface area contributed by atoms with Crippen LogP contribution in [0, 0.1) is 5.41 Å². The van der Waals surface area contributed by atoms with E-state index in [-0.39, 0.29) is 11.8 Å². The van der Waals surface area contributed by atoms with E-state index in [4.69, 9.17) is 4.74 Å². The first-order valence-electron chi connectivity index (χ1n) is 8.02. The summed E-state index contributed by atoms with van der Waals surface area (Å²) in [4.78, 5) is 24.2. The third kappa shape index (κ3) is 4.66. The van der Waals surface area contributed by atoms with Crippen molar-refractivity contribution in [3.8, 4) is 5.75 Å². The van der Waals surface area contributed by atoms with Crippen LogP contribution < -0.4 is 4.74 Å². The number of allylic oxidation sites excluding steroid dienone is 1. The first kappa shape index (κ1) is 17.7. The van der Waals surface area contributed by atoms with Gasteiger partial charge in [-0.2, -0.15) is 0 Å². The zero-order valence-electron chi connectivity index (χ0n) is 14.3. The number of hydrogen-bond acceptors (Lipinski definition) is 3. The molecule has 0 fully saturated rings. The summed E-state index contributed by atoms with van der Waals surface area (Å²) in [6.07, 6.45) is 4.02. The second kappa shape index (κ2) is 7.73. The Labute approximate surface area is 143 Å². The minimum Gasteiger partial charge on any atom is -0.426 e. The molecule has 24 heavy (non-hydrogen) atoms. The largest absolute Gasteiger partial charge is 0.426 e. The summed E-state index contributed by atoms with van der Waals surface area (Å²) >= 11 is 0. The van der Waals surface area contributed by atoms with Gasteiger partial charge in [-0.1, -0.05) is 43.3 Å². The van der Waals surface area contributed by atoms with Crippen LogP contribution in [0.5, 0.6) is 5.75 Å². The molecule has 0 spiro atoms. The average molecular weight is 322 g/mol. The third-order valence-corrected chi connectivity index (χ3v) is 4.01. The summed E-state index contributed by atoms with van der Waals surface area (Å²) in [6.45, 7) is 5.64. The minimum atomic E-state index is -0.521. The lowest BCUT2D eigenvalue weighted by atomic mass is 9.91. The van der Waals surface area contributed by atoms with Crippen molar-refractivity contribution in [2.75, 3.05) is 0 Å². The molecule has 0 unspecified atom stereocenters. The van der Waals surface area contributed by atoms with Gasteiger partial charge in [-0.05, 0) is 56.2 Å². The number of benzene rings is 2. The molecule has 0 saturated heterocycles. The van der Waals surface area contributed by atoms with Crippen molar-refractivity contribution >= 4 is 17.8 Å². The van der Waals surface area contributed by atoms with Crippen LogP contribution in [0.1, 0.15) is 43.1 Å². The summed E-state index contributed by atoms with van der Waals surface area (Å²) in [5.74, 6) is 0.0868. The summed E-state index contributed by atoms with van der Waals surface area (Å²) in [5.41, 5.74) is 1.00. The Morgan fingerprint density at radius 1 is 1.00 bits per heavy atom. The monoisotopic (exact) mass is 322 g/mol. The van der Waals surface area contributed by atoms with Crippen LogP contribution in [0.2, 0.25) is 0 Å². The second-order valence-corrected chi connectivity index (χ2v) is 6.26. The molecule has 0 aliphatic heterocycles. The number of hydrogen-bond donors (Lipinski definition) is 0. The fourth-order valence-corrected chi connectivity index (χ4v) is 1.91. The van der Waals surface area contributed by atoms with Crippen molar-refractivity contribution in [3.63, 3.8) is 0 Å². The maximum absolute atomic E-state index is 12.2. The van der Waals surface area contributed by atoms with Crippen LogP contribution in [-0.4, -0.2) is 11.8 Å². The Morgan fingerprint density at radius 2 is 1.62 bits per heavy atom. The number of esters is 1. The topological polar surface area (TPSA) is 43.4 Å². The molecule has 0 heterocycles. The molecule has 2 aromatic carbocycles. The molecule has 0 amide bonds. The molecule has 0 N–H and O–H groups in total. The molecular formula is C21H22O3. The molecule has 0 aliphatic rings. The lowest BCUT2D eigenvalue weighted by molar-refractivity contribution is -0.144. The highest BCUT2D eigenvalue weighted by atomic mass is 16.5. The fourth-order valence-electron chi connectivity index (χ4n) is 1.91. The van der Waals surface area contributed by atoms with E-state index in [1.165, 1.54) is 6.08 Å². The lowest BCUT2D eigenvalue weighted by Gasteiger charge is -2.20. The smallest absolute Gasteiger partial charge is 0.316 e. The van der Waals surface area contributed by atoms with Gasteiger partial charge in [0.1, 0.15) is 5.75 Å². The van der Waals surface area contributed by atoms with Gasteiger partial charge in [0, 0.05) is 5.56 Å². The van der Waals surface area contributed by atoms with E-state index in [0.717, 1.165) is 5.56 Å². The molecule has 2 aromatic rings. The van der Waals surface area contributed by atoms with E-state index in [1.54, 1.807) is 30.3 Å². The molecular weight excluding hydrogens is 300 g/mol. The second-order valence-electron chi connectivity index (χ2n) is 6.26. The highest BCUT2D eigenvalue weighted by Crippen LogP contribution is 2.23. The van der Waals surface area contributed by atoms with Crippen LogP contribution in [0.15, 0.2) is 60.7 Å². The molecule has 3 nitrogen and oxygen atoms in total. The number of carbonyl (C=O) groups excluding carboxylic acids is 2. The van der Waals surface area contributed by atoms with Gasteiger partial charge in [-0.15, -0.1) is 0 Å². The zero-order valence-corrected chi connectivity index (χ0v) is 14.3. The highest BCUT2D eigenvalue weighted by Gasteiger charge is 2.27. The fraction of sp³-hybridized carbons (Fsp3) is 0.238. The van der Waals surface area contributed by atoms with Crippen LogP contribution in [-0.2, 0) is 4.79 Å². The van der Waals surface area contributed by atoms with E-state index in [0.29, 0.717) is 17.7 Å². The van der Waals surface area contributed by atoms with Gasteiger partial charge in [0.2, 0.25) is 0 Å². The Hall–Kier alpha value is -2.68. The third-order valence-electron chi connectivity index (χ3n) is 4.01. The molecule has 124 valence electrons. The predicted octanol–water partition coefficient (Wildman–Crippen LogP) is 4.92. The number of rotatable bonds is 6. The molecule has 0 aliphatic carbocycles. The van der Waals surface area contributed by atoms with Crippen LogP contribution in [0.4, 0.5) is 0 Å². The quantitative estimate of drug-likeness (QED) is 0.328. The maximum Gasteiger partial charge on any atom is 0.316 e. The van der Waals surface area contributed by atoms with E-state index < -0.39 is 5.41 Å². The maximum atomic E-state index is 12.2. The Balaban J connectivity index is 2.02. The lowest BCUT2D eigenvalue weighted by Crippen LogP contribution is -2.28. The van der Waals surface area contributed by atoms with Crippen molar-refractivity contribution in [3.05, 3.63) is 71.8 Å². The van der Waals surface area contributed by atoms with Gasteiger partial charge in [0.25, 0.3) is 0 Å². The van der Waals surface area contributed by atoms with Crippen molar-refractivity contribution < 1.29 is 14.3 Å². The highest BCUT2D eigenvalue weighted by molar-refractivity contribution is 6.06. The average Bonchev–Trinajstić information content (AvgIpc) is 2.61. The Morgan fingerprint density at radius 3 is 2.21 bits per heavy atom. The van der Waals surface area contributed by atoms with Gasteiger partial charge in [-0.3, -0.25) is 9.59 Å². The normalized spacial score (nSPS) is 11.5. The molecule has 3 heteroatoms. The molecule has 0 radical (unpaired) electrons.